The Hall–Kier alpha value is -1.01. The molecule has 0 spiro atoms. The number of halogens is 1. The number of hydrogen-bond acceptors (Lipinski definition) is 2. The van der Waals surface area contributed by atoms with Gasteiger partial charge >= 0.3 is 0 Å². The molecular formula is C13H17ClN2. The minimum Gasteiger partial charge on any atom is -0.271 e. The highest BCUT2D eigenvalue weighted by atomic mass is 35.5. The van der Waals surface area contributed by atoms with Gasteiger partial charge in [-0.25, -0.2) is 0 Å². The second kappa shape index (κ2) is 6.55. The Morgan fingerprint density at radius 2 is 2.31 bits per heavy atom. The molecule has 0 amide bonds. The summed E-state index contributed by atoms with van der Waals surface area (Å²) in [6, 6.07) is 6.12. The number of hydrogen-bond donors (Lipinski definition) is 2. The topological polar surface area (TPSA) is 38.0 Å². The summed E-state index contributed by atoms with van der Waals surface area (Å²) in [4.78, 5) is 0. The summed E-state index contributed by atoms with van der Waals surface area (Å²) >= 11 is 6.08. The Bertz CT molecular complexity index is 382. The summed E-state index contributed by atoms with van der Waals surface area (Å²) in [5.41, 5.74) is 4.98. The van der Waals surface area contributed by atoms with Crippen LogP contribution in [-0.2, 0) is 0 Å². The van der Waals surface area contributed by atoms with E-state index < -0.39 is 0 Å². The highest BCUT2D eigenvalue weighted by Gasteiger charge is 2.10. The number of aryl methyl sites for hydroxylation is 1. The van der Waals surface area contributed by atoms with Gasteiger partial charge in [0.15, 0.2) is 0 Å². The van der Waals surface area contributed by atoms with Crippen molar-refractivity contribution in [3.05, 3.63) is 34.3 Å². The molecule has 0 saturated carbocycles. The Kier molecular flexibility index (Phi) is 5.34. The lowest BCUT2D eigenvalue weighted by atomic mass is 10.0. The van der Waals surface area contributed by atoms with Crippen molar-refractivity contribution in [2.24, 2.45) is 5.84 Å². The molecule has 0 aliphatic rings. The van der Waals surface area contributed by atoms with E-state index in [2.05, 4.69) is 11.3 Å². The first-order valence-corrected chi connectivity index (χ1v) is 5.72. The number of benzene rings is 1. The van der Waals surface area contributed by atoms with Crippen LogP contribution >= 0.6 is 11.6 Å². The van der Waals surface area contributed by atoms with Gasteiger partial charge in [0.25, 0.3) is 0 Å². The van der Waals surface area contributed by atoms with E-state index in [1.54, 1.807) is 0 Å². The van der Waals surface area contributed by atoms with Crippen molar-refractivity contribution >= 4 is 11.6 Å². The summed E-state index contributed by atoms with van der Waals surface area (Å²) in [7, 11) is 0. The number of hydrazine groups is 1. The zero-order chi connectivity index (χ0) is 12.0. The van der Waals surface area contributed by atoms with Gasteiger partial charge in [-0.1, -0.05) is 23.7 Å². The van der Waals surface area contributed by atoms with E-state index in [1.165, 1.54) is 0 Å². The molecule has 0 aliphatic heterocycles. The van der Waals surface area contributed by atoms with E-state index in [0.717, 1.165) is 35.4 Å². The molecule has 86 valence electrons. The minimum atomic E-state index is 0.117. The van der Waals surface area contributed by atoms with Crippen LogP contribution in [0.15, 0.2) is 18.2 Å². The summed E-state index contributed by atoms with van der Waals surface area (Å²) in [6.45, 7) is 1.98. The zero-order valence-electron chi connectivity index (χ0n) is 9.46. The third kappa shape index (κ3) is 3.53. The van der Waals surface area contributed by atoms with Gasteiger partial charge in [0, 0.05) is 17.5 Å². The van der Waals surface area contributed by atoms with Crippen LogP contribution in [0.25, 0.3) is 0 Å². The molecule has 16 heavy (non-hydrogen) atoms. The van der Waals surface area contributed by atoms with Crippen molar-refractivity contribution in [1.82, 2.24) is 5.43 Å². The number of nitrogens with two attached hydrogens (primary N) is 1. The maximum Gasteiger partial charge on any atom is 0.0460 e. The van der Waals surface area contributed by atoms with Crippen LogP contribution in [-0.4, -0.2) is 0 Å². The van der Waals surface area contributed by atoms with Gasteiger partial charge in [-0.2, -0.15) is 0 Å². The first kappa shape index (κ1) is 13.1. The predicted molar refractivity (Wildman–Crippen MR) is 68.9 cm³/mol. The molecule has 3 N–H and O–H groups in total. The Morgan fingerprint density at radius 1 is 1.56 bits per heavy atom. The quantitative estimate of drug-likeness (QED) is 0.357. The van der Waals surface area contributed by atoms with E-state index in [9.17, 15) is 0 Å². The first-order valence-electron chi connectivity index (χ1n) is 5.34. The zero-order valence-corrected chi connectivity index (χ0v) is 10.2. The molecule has 3 heteroatoms. The van der Waals surface area contributed by atoms with E-state index >= 15 is 0 Å². The summed E-state index contributed by atoms with van der Waals surface area (Å²) in [6.07, 6.45) is 7.86. The van der Waals surface area contributed by atoms with Crippen molar-refractivity contribution in [2.45, 2.75) is 32.2 Å². The van der Waals surface area contributed by atoms with Crippen LogP contribution in [0, 0.1) is 19.3 Å². The maximum absolute atomic E-state index is 6.08. The van der Waals surface area contributed by atoms with Crippen LogP contribution in [0.2, 0.25) is 5.02 Å². The van der Waals surface area contributed by atoms with Crippen molar-refractivity contribution in [3.8, 4) is 12.3 Å². The van der Waals surface area contributed by atoms with E-state index in [1.807, 2.05) is 25.1 Å². The monoisotopic (exact) mass is 236 g/mol. The molecule has 0 bridgehead atoms. The van der Waals surface area contributed by atoms with E-state index in [4.69, 9.17) is 23.9 Å². The second-order valence-electron chi connectivity index (χ2n) is 3.82. The van der Waals surface area contributed by atoms with E-state index in [0.29, 0.717) is 0 Å². The van der Waals surface area contributed by atoms with Crippen LogP contribution in [0.5, 0.6) is 0 Å². The fraction of sp³-hybridized carbons (Fsp3) is 0.385. The molecule has 0 saturated heterocycles. The molecule has 1 atom stereocenters. The van der Waals surface area contributed by atoms with Gasteiger partial charge in [-0.3, -0.25) is 11.3 Å². The van der Waals surface area contributed by atoms with Gasteiger partial charge in [0.2, 0.25) is 0 Å². The average Bonchev–Trinajstić information content (AvgIpc) is 2.29. The lowest BCUT2D eigenvalue weighted by molar-refractivity contribution is 0.502. The fourth-order valence-corrected chi connectivity index (χ4v) is 1.77. The van der Waals surface area contributed by atoms with Gasteiger partial charge in [0.1, 0.15) is 0 Å². The summed E-state index contributed by atoms with van der Waals surface area (Å²) in [5, 5.41) is 0.773. The average molecular weight is 237 g/mol. The van der Waals surface area contributed by atoms with Crippen LogP contribution in [0.3, 0.4) is 0 Å². The van der Waals surface area contributed by atoms with Crippen LogP contribution < -0.4 is 11.3 Å². The van der Waals surface area contributed by atoms with Gasteiger partial charge in [0.05, 0.1) is 0 Å². The third-order valence-corrected chi connectivity index (χ3v) is 3.02. The Morgan fingerprint density at radius 3 is 2.88 bits per heavy atom. The lowest BCUT2D eigenvalue weighted by Crippen LogP contribution is -2.28. The highest BCUT2D eigenvalue weighted by molar-refractivity contribution is 6.31. The SMILES string of the molecule is C#CCCCC(NN)c1ccc(C)c(Cl)c1. The fourth-order valence-electron chi connectivity index (χ4n) is 1.58. The molecule has 1 aromatic rings. The van der Waals surface area contributed by atoms with Gasteiger partial charge in [-0.15, -0.1) is 12.3 Å². The molecule has 2 nitrogen and oxygen atoms in total. The molecule has 0 fully saturated rings. The molecule has 0 heterocycles. The second-order valence-corrected chi connectivity index (χ2v) is 4.23. The minimum absolute atomic E-state index is 0.117. The van der Waals surface area contributed by atoms with Crippen molar-refractivity contribution in [2.75, 3.05) is 0 Å². The summed E-state index contributed by atoms with van der Waals surface area (Å²) in [5.74, 6) is 8.15. The van der Waals surface area contributed by atoms with Gasteiger partial charge in [-0.05, 0) is 37.0 Å². The van der Waals surface area contributed by atoms with Crippen molar-refractivity contribution < 1.29 is 0 Å². The highest BCUT2D eigenvalue weighted by Crippen LogP contribution is 2.24. The third-order valence-electron chi connectivity index (χ3n) is 2.61. The molecular weight excluding hydrogens is 220 g/mol. The Labute approximate surface area is 102 Å². The van der Waals surface area contributed by atoms with Crippen molar-refractivity contribution in [3.63, 3.8) is 0 Å². The molecule has 0 aromatic heterocycles. The number of nitrogens with one attached hydrogen (secondary N) is 1. The van der Waals surface area contributed by atoms with Crippen LogP contribution in [0.4, 0.5) is 0 Å². The normalized spacial score (nSPS) is 12.1. The molecule has 1 aromatic carbocycles. The van der Waals surface area contributed by atoms with Gasteiger partial charge < -0.3 is 0 Å². The lowest BCUT2D eigenvalue weighted by Gasteiger charge is -2.16. The number of terminal acetylenes is 1. The number of rotatable bonds is 5. The first-order chi connectivity index (χ1) is 7.69. The number of unbranched alkanes of at least 4 members (excludes halogenated alkanes) is 1. The molecule has 0 radical (unpaired) electrons. The molecule has 0 aliphatic carbocycles. The standard InChI is InChI=1S/C13H17ClN2/c1-3-4-5-6-13(16-15)11-8-7-10(2)12(14)9-11/h1,7-9,13,16H,4-6,15H2,2H3. The molecule has 1 rings (SSSR count). The smallest absolute Gasteiger partial charge is 0.0460 e. The van der Waals surface area contributed by atoms with E-state index in [-0.39, 0.29) is 6.04 Å². The molecule has 1 unspecified atom stereocenters. The largest absolute Gasteiger partial charge is 0.271 e. The predicted octanol–water partition coefficient (Wildman–Crippen LogP) is 2.96. The summed E-state index contributed by atoms with van der Waals surface area (Å²) < 4.78 is 0. The maximum atomic E-state index is 6.08. The van der Waals surface area contributed by atoms with Crippen molar-refractivity contribution in [1.29, 1.82) is 0 Å². The Balaban J connectivity index is 2.71. The van der Waals surface area contributed by atoms with Crippen LogP contribution in [0.1, 0.15) is 36.4 Å².